The van der Waals surface area contributed by atoms with Crippen LogP contribution in [0.5, 0.6) is 0 Å². The molecule has 1 heterocycles. The van der Waals surface area contributed by atoms with E-state index in [0.717, 1.165) is 0 Å². The number of morpholine rings is 1. The van der Waals surface area contributed by atoms with Crippen LogP contribution < -0.4 is 11.1 Å². The summed E-state index contributed by atoms with van der Waals surface area (Å²) in [7, 11) is 0. The van der Waals surface area contributed by atoms with Gasteiger partial charge in [0.2, 0.25) is 11.8 Å². The second-order valence-corrected chi connectivity index (χ2v) is 4.86. The summed E-state index contributed by atoms with van der Waals surface area (Å²) in [6, 6.07) is 0. The lowest BCUT2D eigenvalue weighted by atomic mass is 9.93. The number of amides is 2. The molecule has 0 spiro atoms. The summed E-state index contributed by atoms with van der Waals surface area (Å²) in [5.74, 6) is -0.119. The Labute approximate surface area is 114 Å². The topological polar surface area (TPSA) is 84.7 Å². The molecule has 1 rings (SSSR count). The van der Waals surface area contributed by atoms with Gasteiger partial charge >= 0.3 is 0 Å². The predicted molar refractivity (Wildman–Crippen MR) is 72.5 cm³/mol. The molecule has 0 radical (unpaired) electrons. The molecule has 0 bridgehead atoms. The Bertz CT molecular complexity index is 310. The largest absolute Gasteiger partial charge is 0.378 e. The van der Waals surface area contributed by atoms with Gasteiger partial charge in [-0.25, -0.2) is 0 Å². The zero-order chi connectivity index (χ0) is 14.3. The fraction of sp³-hybridized carbons (Fsp3) is 0.846. The van der Waals surface area contributed by atoms with Crippen LogP contribution in [0.15, 0.2) is 0 Å². The summed E-state index contributed by atoms with van der Waals surface area (Å²) in [5, 5.41) is 2.75. The van der Waals surface area contributed by atoms with Crippen molar-refractivity contribution < 1.29 is 14.3 Å². The third-order valence-electron chi connectivity index (χ3n) is 3.70. The normalized spacial score (nSPS) is 16.3. The Morgan fingerprint density at radius 3 is 2.37 bits per heavy atom. The van der Waals surface area contributed by atoms with Gasteiger partial charge in [0.15, 0.2) is 0 Å². The van der Waals surface area contributed by atoms with Crippen molar-refractivity contribution in [2.24, 2.45) is 5.73 Å². The van der Waals surface area contributed by atoms with Crippen LogP contribution in [0.3, 0.4) is 0 Å². The number of hydrogen-bond donors (Lipinski definition) is 2. The fourth-order valence-corrected chi connectivity index (χ4v) is 2.00. The molecule has 6 nitrogen and oxygen atoms in total. The van der Waals surface area contributed by atoms with E-state index in [2.05, 4.69) is 5.32 Å². The summed E-state index contributed by atoms with van der Waals surface area (Å²) in [6.07, 6.45) is 1.49. The van der Waals surface area contributed by atoms with E-state index < -0.39 is 5.54 Å². The second-order valence-electron chi connectivity index (χ2n) is 4.86. The van der Waals surface area contributed by atoms with Gasteiger partial charge in [0.1, 0.15) is 0 Å². The molecular weight excluding hydrogens is 246 g/mol. The SMILES string of the molecule is CCC(N)(CC)C(=O)NCCC(=O)N1CCOCC1. The summed E-state index contributed by atoms with van der Waals surface area (Å²) in [6.45, 7) is 6.58. The van der Waals surface area contributed by atoms with Crippen LogP contribution in [0.2, 0.25) is 0 Å². The maximum Gasteiger partial charge on any atom is 0.240 e. The first kappa shape index (κ1) is 15.9. The molecule has 19 heavy (non-hydrogen) atoms. The molecule has 0 saturated carbocycles. The van der Waals surface area contributed by atoms with Crippen LogP contribution in [-0.4, -0.2) is 55.1 Å². The van der Waals surface area contributed by atoms with Gasteiger partial charge in [0.25, 0.3) is 0 Å². The van der Waals surface area contributed by atoms with Crippen molar-refractivity contribution in [1.29, 1.82) is 0 Å². The number of ether oxygens (including phenoxy) is 1. The Hall–Kier alpha value is -1.14. The molecule has 3 N–H and O–H groups in total. The lowest BCUT2D eigenvalue weighted by Crippen LogP contribution is -2.53. The third-order valence-corrected chi connectivity index (χ3v) is 3.70. The molecule has 0 aromatic rings. The van der Waals surface area contributed by atoms with E-state index in [4.69, 9.17) is 10.5 Å². The summed E-state index contributed by atoms with van der Waals surface area (Å²) >= 11 is 0. The van der Waals surface area contributed by atoms with E-state index in [1.165, 1.54) is 0 Å². The van der Waals surface area contributed by atoms with E-state index in [0.29, 0.717) is 52.1 Å². The molecule has 0 aromatic heterocycles. The van der Waals surface area contributed by atoms with E-state index in [1.54, 1.807) is 4.90 Å². The fourth-order valence-electron chi connectivity index (χ4n) is 2.00. The van der Waals surface area contributed by atoms with Crippen molar-refractivity contribution in [2.45, 2.75) is 38.6 Å². The van der Waals surface area contributed by atoms with E-state index >= 15 is 0 Å². The quantitative estimate of drug-likeness (QED) is 0.705. The smallest absolute Gasteiger partial charge is 0.240 e. The lowest BCUT2D eigenvalue weighted by Gasteiger charge is -2.28. The Balaban J connectivity index is 2.29. The zero-order valence-electron chi connectivity index (χ0n) is 11.9. The van der Waals surface area contributed by atoms with Gasteiger partial charge in [0, 0.05) is 26.1 Å². The number of carbonyl (C=O) groups is 2. The van der Waals surface area contributed by atoms with Gasteiger partial charge in [-0.15, -0.1) is 0 Å². The first-order valence-corrected chi connectivity index (χ1v) is 6.96. The monoisotopic (exact) mass is 271 g/mol. The van der Waals surface area contributed by atoms with Crippen LogP contribution in [0.1, 0.15) is 33.1 Å². The zero-order valence-corrected chi connectivity index (χ0v) is 11.9. The molecule has 1 saturated heterocycles. The highest BCUT2D eigenvalue weighted by atomic mass is 16.5. The highest BCUT2D eigenvalue weighted by Crippen LogP contribution is 2.11. The molecule has 0 aromatic carbocycles. The van der Waals surface area contributed by atoms with Crippen molar-refractivity contribution in [3.8, 4) is 0 Å². The number of nitrogens with two attached hydrogens (primary N) is 1. The molecule has 0 unspecified atom stereocenters. The van der Waals surface area contributed by atoms with Crippen LogP contribution >= 0.6 is 0 Å². The van der Waals surface area contributed by atoms with E-state index in [1.807, 2.05) is 13.8 Å². The van der Waals surface area contributed by atoms with Crippen LogP contribution in [0.4, 0.5) is 0 Å². The maximum absolute atomic E-state index is 11.9. The number of nitrogens with one attached hydrogen (secondary N) is 1. The van der Waals surface area contributed by atoms with Crippen LogP contribution in [-0.2, 0) is 14.3 Å². The highest BCUT2D eigenvalue weighted by Gasteiger charge is 2.29. The van der Waals surface area contributed by atoms with Gasteiger partial charge in [-0.1, -0.05) is 13.8 Å². The molecule has 1 fully saturated rings. The van der Waals surface area contributed by atoms with Crippen LogP contribution in [0.25, 0.3) is 0 Å². The molecular formula is C13H25N3O3. The Morgan fingerprint density at radius 1 is 1.26 bits per heavy atom. The van der Waals surface area contributed by atoms with E-state index in [-0.39, 0.29) is 11.8 Å². The standard InChI is InChI=1S/C13H25N3O3/c1-3-13(14,4-2)12(18)15-6-5-11(17)16-7-9-19-10-8-16/h3-10,14H2,1-2H3,(H,15,18). The second kappa shape index (κ2) is 7.45. The molecule has 0 atom stereocenters. The molecule has 2 amide bonds. The summed E-state index contributed by atoms with van der Waals surface area (Å²) in [5.41, 5.74) is 5.16. The van der Waals surface area contributed by atoms with Crippen LogP contribution in [0, 0.1) is 0 Å². The first-order valence-electron chi connectivity index (χ1n) is 6.96. The Morgan fingerprint density at radius 2 is 1.84 bits per heavy atom. The van der Waals surface area contributed by atoms with Gasteiger partial charge in [0.05, 0.1) is 18.8 Å². The average molecular weight is 271 g/mol. The maximum atomic E-state index is 11.9. The number of hydrogen-bond acceptors (Lipinski definition) is 4. The van der Waals surface area contributed by atoms with Gasteiger partial charge in [-0.05, 0) is 12.8 Å². The molecule has 110 valence electrons. The highest BCUT2D eigenvalue weighted by molar-refractivity contribution is 5.86. The number of rotatable bonds is 6. The van der Waals surface area contributed by atoms with Crippen molar-refractivity contribution in [1.82, 2.24) is 10.2 Å². The van der Waals surface area contributed by atoms with Crippen molar-refractivity contribution in [3.63, 3.8) is 0 Å². The molecule has 1 aliphatic rings. The molecule has 0 aliphatic carbocycles. The average Bonchev–Trinajstić information content (AvgIpc) is 2.47. The van der Waals surface area contributed by atoms with Gasteiger partial charge < -0.3 is 20.7 Å². The lowest BCUT2D eigenvalue weighted by molar-refractivity contribution is -0.135. The van der Waals surface area contributed by atoms with Crippen molar-refractivity contribution in [2.75, 3.05) is 32.8 Å². The minimum absolute atomic E-state index is 0.0548. The van der Waals surface area contributed by atoms with Gasteiger partial charge in [-0.3, -0.25) is 9.59 Å². The molecule has 6 heteroatoms. The van der Waals surface area contributed by atoms with Crippen molar-refractivity contribution >= 4 is 11.8 Å². The third kappa shape index (κ3) is 4.47. The number of nitrogens with zero attached hydrogens (tertiary/aromatic N) is 1. The number of carbonyl (C=O) groups excluding carboxylic acids is 2. The van der Waals surface area contributed by atoms with Gasteiger partial charge in [-0.2, -0.15) is 0 Å². The Kier molecular flexibility index (Phi) is 6.24. The van der Waals surface area contributed by atoms with E-state index in [9.17, 15) is 9.59 Å². The predicted octanol–water partition coefficient (Wildman–Crippen LogP) is -0.131. The first-order chi connectivity index (χ1) is 9.03. The summed E-state index contributed by atoms with van der Waals surface area (Å²) in [4.78, 5) is 25.5. The minimum atomic E-state index is -0.817. The minimum Gasteiger partial charge on any atom is -0.378 e. The molecule has 1 aliphatic heterocycles. The van der Waals surface area contributed by atoms with Crippen molar-refractivity contribution in [3.05, 3.63) is 0 Å². The summed E-state index contributed by atoms with van der Waals surface area (Å²) < 4.78 is 5.19.